The van der Waals surface area contributed by atoms with E-state index < -0.39 is 0 Å². The molecule has 3 heteroatoms. The van der Waals surface area contributed by atoms with E-state index in [4.69, 9.17) is 4.74 Å². The lowest BCUT2D eigenvalue weighted by molar-refractivity contribution is -0.119. The normalized spacial score (nSPS) is 9.47. The van der Waals surface area contributed by atoms with Crippen LogP contribution in [0.25, 0.3) is 6.08 Å². The van der Waals surface area contributed by atoms with Gasteiger partial charge in [-0.3, -0.25) is 4.79 Å². The molecule has 0 spiro atoms. The molecule has 1 aromatic rings. The van der Waals surface area contributed by atoms with Crippen LogP contribution in [0.2, 0.25) is 0 Å². The first-order valence-corrected chi connectivity index (χ1v) is 4.71. The summed E-state index contributed by atoms with van der Waals surface area (Å²) in [5.41, 5.74) is 1.86. The highest BCUT2D eigenvalue weighted by molar-refractivity contribution is 5.78. The van der Waals surface area contributed by atoms with Crippen molar-refractivity contribution in [3.8, 4) is 5.75 Å². The first-order chi connectivity index (χ1) is 7.21. The molecule has 0 heterocycles. The third-order valence-corrected chi connectivity index (χ3v) is 2.16. The molecule has 3 nitrogen and oxygen atoms in total. The predicted octanol–water partition coefficient (Wildman–Crippen LogP) is 1.63. The number of carbonyl (C=O) groups is 1. The zero-order valence-electron chi connectivity index (χ0n) is 9.04. The third-order valence-electron chi connectivity index (χ3n) is 2.16. The largest absolute Gasteiger partial charge is 0.496 e. The van der Waals surface area contributed by atoms with Crippen LogP contribution in [0.5, 0.6) is 5.75 Å². The van der Waals surface area contributed by atoms with Crippen molar-refractivity contribution in [3.05, 3.63) is 35.9 Å². The molecule has 80 valence electrons. The van der Waals surface area contributed by atoms with Gasteiger partial charge in [0.2, 0.25) is 5.91 Å². The van der Waals surface area contributed by atoms with E-state index in [0.29, 0.717) is 6.42 Å². The first-order valence-electron chi connectivity index (χ1n) is 4.71. The van der Waals surface area contributed by atoms with Gasteiger partial charge in [-0.1, -0.05) is 24.8 Å². The number of hydrogen-bond donors (Lipinski definition) is 1. The summed E-state index contributed by atoms with van der Waals surface area (Å²) in [6.45, 7) is 3.69. The number of amides is 1. The molecule has 0 saturated carbocycles. The van der Waals surface area contributed by atoms with Crippen molar-refractivity contribution in [1.29, 1.82) is 0 Å². The molecule has 0 aliphatic heterocycles. The van der Waals surface area contributed by atoms with Gasteiger partial charge in [-0.15, -0.1) is 0 Å². The summed E-state index contributed by atoms with van der Waals surface area (Å²) in [6.07, 6.45) is 2.09. The second kappa shape index (κ2) is 5.20. The maximum absolute atomic E-state index is 11.2. The van der Waals surface area contributed by atoms with Crippen LogP contribution in [-0.2, 0) is 11.2 Å². The Morgan fingerprint density at radius 2 is 2.33 bits per heavy atom. The standard InChI is InChI=1S/C12H15NO2/c1-4-10-6-5-9(7-11(10)15-3)8-12(14)13-2/h4-7H,1,8H2,2-3H3,(H,13,14). The summed E-state index contributed by atoms with van der Waals surface area (Å²) in [5, 5.41) is 2.58. The number of methoxy groups -OCH3 is 1. The summed E-state index contributed by atoms with van der Waals surface area (Å²) in [6, 6.07) is 5.64. The van der Waals surface area contributed by atoms with Crippen LogP contribution in [0, 0.1) is 0 Å². The Bertz CT molecular complexity index is 372. The number of ether oxygens (including phenoxy) is 1. The second-order valence-corrected chi connectivity index (χ2v) is 3.13. The topological polar surface area (TPSA) is 38.3 Å². The molecular weight excluding hydrogens is 190 g/mol. The van der Waals surface area contributed by atoms with Gasteiger partial charge in [0.15, 0.2) is 0 Å². The molecule has 0 aliphatic rings. The molecule has 0 aromatic heterocycles. The van der Waals surface area contributed by atoms with Crippen LogP contribution in [0.3, 0.4) is 0 Å². The fourth-order valence-electron chi connectivity index (χ4n) is 1.31. The number of nitrogens with one attached hydrogen (secondary N) is 1. The molecule has 1 amide bonds. The lowest BCUT2D eigenvalue weighted by atomic mass is 10.1. The zero-order valence-corrected chi connectivity index (χ0v) is 9.04. The van der Waals surface area contributed by atoms with Gasteiger partial charge in [-0.2, -0.15) is 0 Å². The van der Waals surface area contributed by atoms with Gasteiger partial charge in [0.25, 0.3) is 0 Å². The van der Waals surface area contributed by atoms with Gasteiger partial charge >= 0.3 is 0 Å². The molecule has 1 rings (SSSR count). The molecular formula is C12H15NO2. The Hall–Kier alpha value is -1.77. The molecule has 0 aliphatic carbocycles. The van der Waals surface area contributed by atoms with E-state index >= 15 is 0 Å². The van der Waals surface area contributed by atoms with E-state index in [9.17, 15) is 4.79 Å². The highest BCUT2D eigenvalue weighted by atomic mass is 16.5. The number of rotatable bonds is 4. The molecule has 15 heavy (non-hydrogen) atoms. The lowest BCUT2D eigenvalue weighted by Gasteiger charge is -2.07. The minimum atomic E-state index is -0.0107. The van der Waals surface area contributed by atoms with Gasteiger partial charge in [0, 0.05) is 12.6 Å². The molecule has 0 atom stereocenters. The zero-order chi connectivity index (χ0) is 11.3. The summed E-state index contributed by atoms with van der Waals surface area (Å²) in [4.78, 5) is 11.2. The molecule has 1 N–H and O–H groups in total. The van der Waals surface area contributed by atoms with E-state index in [0.717, 1.165) is 16.9 Å². The van der Waals surface area contributed by atoms with Gasteiger partial charge in [0.1, 0.15) is 5.75 Å². The fourth-order valence-corrected chi connectivity index (χ4v) is 1.31. The summed E-state index contributed by atoms with van der Waals surface area (Å²) in [7, 11) is 3.23. The Morgan fingerprint density at radius 3 is 2.87 bits per heavy atom. The molecule has 0 saturated heterocycles. The highest BCUT2D eigenvalue weighted by Gasteiger charge is 2.04. The SMILES string of the molecule is C=Cc1ccc(CC(=O)NC)cc1OC. The van der Waals surface area contributed by atoms with Crippen molar-refractivity contribution in [2.45, 2.75) is 6.42 Å². The number of hydrogen-bond acceptors (Lipinski definition) is 2. The summed E-state index contributed by atoms with van der Waals surface area (Å²) < 4.78 is 5.19. The van der Waals surface area contributed by atoms with E-state index in [2.05, 4.69) is 11.9 Å². The van der Waals surface area contributed by atoms with Crippen molar-refractivity contribution >= 4 is 12.0 Å². The van der Waals surface area contributed by atoms with Crippen LogP contribution in [0.4, 0.5) is 0 Å². The van der Waals surface area contributed by atoms with E-state index in [-0.39, 0.29) is 5.91 Å². The van der Waals surface area contributed by atoms with E-state index in [1.165, 1.54) is 0 Å². The first kappa shape index (κ1) is 11.3. The van der Waals surface area contributed by atoms with Crippen LogP contribution in [0.1, 0.15) is 11.1 Å². The molecule has 0 radical (unpaired) electrons. The van der Waals surface area contributed by atoms with Crippen molar-refractivity contribution < 1.29 is 9.53 Å². The smallest absolute Gasteiger partial charge is 0.224 e. The average molecular weight is 205 g/mol. The number of benzene rings is 1. The Kier molecular flexibility index (Phi) is 3.92. The van der Waals surface area contributed by atoms with E-state index in [1.807, 2.05) is 18.2 Å². The monoisotopic (exact) mass is 205 g/mol. The Balaban J connectivity index is 2.92. The number of carbonyl (C=O) groups excluding carboxylic acids is 1. The maximum atomic E-state index is 11.2. The molecule has 0 fully saturated rings. The van der Waals surface area contributed by atoms with Crippen molar-refractivity contribution in [1.82, 2.24) is 5.32 Å². The van der Waals surface area contributed by atoms with Crippen molar-refractivity contribution in [2.75, 3.05) is 14.2 Å². The Labute approximate surface area is 89.8 Å². The predicted molar refractivity (Wildman–Crippen MR) is 60.9 cm³/mol. The fraction of sp³-hybridized carbons (Fsp3) is 0.250. The average Bonchev–Trinajstić information content (AvgIpc) is 2.28. The van der Waals surface area contributed by atoms with Gasteiger partial charge in [-0.05, 0) is 11.6 Å². The van der Waals surface area contributed by atoms with Crippen LogP contribution in [-0.4, -0.2) is 20.1 Å². The highest BCUT2D eigenvalue weighted by Crippen LogP contribution is 2.21. The Morgan fingerprint density at radius 1 is 1.60 bits per heavy atom. The van der Waals surface area contributed by atoms with Crippen molar-refractivity contribution in [2.24, 2.45) is 0 Å². The second-order valence-electron chi connectivity index (χ2n) is 3.13. The van der Waals surface area contributed by atoms with Crippen molar-refractivity contribution in [3.63, 3.8) is 0 Å². The van der Waals surface area contributed by atoms with Gasteiger partial charge in [-0.25, -0.2) is 0 Å². The quantitative estimate of drug-likeness (QED) is 0.811. The van der Waals surface area contributed by atoms with Crippen LogP contribution < -0.4 is 10.1 Å². The molecule has 0 unspecified atom stereocenters. The van der Waals surface area contributed by atoms with Gasteiger partial charge in [0.05, 0.1) is 13.5 Å². The summed E-state index contributed by atoms with van der Waals surface area (Å²) >= 11 is 0. The molecule has 1 aromatic carbocycles. The van der Waals surface area contributed by atoms with Crippen LogP contribution in [0.15, 0.2) is 24.8 Å². The maximum Gasteiger partial charge on any atom is 0.224 e. The third kappa shape index (κ3) is 2.84. The van der Waals surface area contributed by atoms with Crippen LogP contribution >= 0.6 is 0 Å². The number of likely N-dealkylation sites (N-methyl/N-ethyl adjacent to an activating group) is 1. The molecule has 0 bridgehead atoms. The minimum absolute atomic E-state index is 0.0107. The summed E-state index contributed by atoms with van der Waals surface area (Å²) in [5.74, 6) is 0.731. The minimum Gasteiger partial charge on any atom is -0.496 e. The van der Waals surface area contributed by atoms with Gasteiger partial charge < -0.3 is 10.1 Å². The lowest BCUT2D eigenvalue weighted by Crippen LogP contribution is -2.19. The van der Waals surface area contributed by atoms with E-state index in [1.54, 1.807) is 20.2 Å².